The molecule has 1 N–H and O–H groups in total. The van der Waals surface area contributed by atoms with Crippen LogP contribution in [0, 0.1) is 0 Å². The largest absolute Gasteiger partial charge is 0.494 e. The Balaban J connectivity index is 1.61. The van der Waals surface area contributed by atoms with E-state index in [9.17, 15) is 9.59 Å². The summed E-state index contributed by atoms with van der Waals surface area (Å²) in [5.74, 6) is 0.313. The molecule has 1 aromatic carbocycles. The van der Waals surface area contributed by atoms with Crippen LogP contribution in [0.4, 0.5) is 0 Å². The summed E-state index contributed by atoms with van der Waals surface area (Å²) in [5.41, 5.74) is -0.149. The number of hydrogen-bond acceptors (Lipinski definition) is 4. The second-order valence-electron chi connectivity index (χ2n) is 4.43. The number of carbonyl (C=O) groups is 1. The van der Waals surface area contributed by atoms with Gasteiger partial charge in [0.1, 0.15) is 11.4 Å². The highest BCUT2D eigenvalue weighted by Gasteiger charge is 2.06. The molecule has 0 fully saturated rings. The Hall–Kier alpha value is -2.56. The molecular weight excluding hydrogens is 270 g/mol. The average Bonchev–Trinajstić information content (AvgIpc) is 2.51. The van der Waals surface area contributed by atoms with Gasteiger partial charge in [-0.2, -0.15) is 0 Å². The maximum Gasteiger partial charge on any atom is 0.354 e. The van der Waals surface area contributed by atoms with E-state index in [1.165, 1.54) is 18.2 Å². The Labute approximate surface area is 122 Å². The van der Waals surface area contributed by atoms with Crippen LogP contribution in [-0.4, -0.2) is 24.2 Å². The Kier molecular flexibility index (Phi) is 5.58. The number of nitrogens with one attached hydrogen (secondary N) is 1. The van der Waals surface area contributed by atoms with Crippen molar-refractivity contribution < 1.29 is 14.3 Å². The fraction of sp³-hybridized carbons (Fsp3) is 0.250. The number of carbonyl (C=O) groups excluding carboxylic acids is 1. The topological polar surface area (TPSA) is 68.4 Å². The molecule has 0 radical (unpaired) electrons. The molecule has 5 nitrogen and oxygen atoms in total. The predicted molar refractivity (Wildman–Crippen MR) is 78.5 cm³/mol. The second-order valence-corrected chi connectivity index (χ2v) is 4.43. The fourth-order valence-electron chi connectivity index (χ4n) is 1.72. The number of benzene rings is 1. The molecule has 5 heteroatoms. The number of para-hydroxylation sites is 1. The minimum Gasteiger partial charge on any atom is -0.494 e. The van der Waals surface area contributed by atoms with Crippen molar-refractivity contribution in [2.45, 2.75) is 12.8 Å². The normalized spacial score (nSPS) is 10.1. The number of rotatable bonds is 7. The van der Waals surface area contributed by atoms with Crippen LogP contribution in [0.15, 0.2) is 53.3 Å². The lowest BCUT2D eigenvalue weighted by molar-refractivity contribution is 0.0487. The van der Waals surface area contributed by atoms with Crippen LogP contribution in [0.2, 0.25) is 0 Å². The molecule has 0 aliphatic carbocycles. The monoisotopic (exact) mass is 287 g/mol. The van der Waals surface area contributed by atoms with Crippen molar-refractivity contribution >= 4 is 5.97 Å². The first-order valence-corrected chi connectivity index (χ1v) is 6.80. The van der Waals surface area contributed by atoms with Gasteiger partial charge in [-0.05, 0) is 31.0 Å². The molecule has 0 aliphatic heterocycles. The average molecular weight is 287 g/mol. The molecular formula is C16H17NO4. The van der Waals surface area contributed by atoms with E-state index in [2.05, 4.69) is 4.98 Å². The van der Waals surface area contributed by atoms with E-state index >= 15 is 0 Å². The molecule has 1 heterocycles. The van der Waals surface area contributed by atoms with Crippen molar-refractivity contribution in [2.24, 2.45) is 0 Å². The first-order chi connectivity index (χ1) is 10.3. The van der Waals surface area contributed by atoms with E-state index in [0.717, 1.165) is 12.2 Å². The number of pyridine rings is 1. The number of hydrogen-bond donors (Lipinski definition) is 1. The van der Waals surface area contributed by atoms with E-state index in [1.807, 2.05) is 30.3 Å². The van der Waals surface area contributed by atoms with Crippen molar-refractivity contribution in [1.82, 2.24) is 4.98 Å². The number of esters is 1. The molecule has 0 atom stereocenters. The molecule has 2 rings (SSSR count). The minimum absolute atomic E-state index is 0.169. The SMILES string of the molecule is O=C(OCCCCOc1ccccc1)c1cccc(=O)[nH]1. The molecule has 21 heavy (non-hydrogen) atoms. The third-order valence-electron chi connectivity index (χ3n) is 2.77. The van der Waals surface area contributed by atoms with Crippen LogP contribution in [0.3, 0.4) is 0 Å². The summed E-state index contributed by atoms with van der Waals surface area (Å²) >= 11 is 0. The predicted octanol–water partition coefficient (Wildman–Crippen LogP) is 2.39. The highest BCUT2D eigenvalue weighted by molar-refractivity contribution is 5.87. The number of ether oxygens (including phenoxy) is 2. The maximum absolute atomic E-state index is 11.6. The zero-order valence-electron chi connectivity index (χ0n) is 11.6. The van der Waals surface area contributed by atoms with Gasteiger partial charge >= 0.3 is 5.97 Å². The van der Waals surface area contributed by atoms with Gasteiger partial charge in [0.2, 0.25) is 5.56 Å². The first kappa shape index (κ1) is 14.8. The zero-order chi connectivity index (χ0) is 14.9. The van der Waals surface area contributed by atoms with Gasteiger partial charge in [-0.3, -0.25) is 4.79 Å². The van der Waals surface area contributed by atoms with Crippen LogP contribution in [0.1, 0.15) is 23.3 Å². The maximum atomic E-state index is 11.6. The third-order valence-corrected chi connectivity index (χ3v) is 2.77. The lowest BCUT2D eigenvalue weighted by Crippen LogP contribution is -2.14. The molecule has 0 unspecified atom stereocenters. The van der Waals surface area contributed by atoms with Crippen molar-refractivity contribution in [3.8, 4) is 5.75 Å². The molecule has 110 valence electrons. The first-order valence-electron chi connectivity index (χ1n) is 6.80. The van der Waals surface area contributed by atoms with E-state index in [1.54, 1.807) is 0 Å². The summed E-state index contributed by atoms with van der Waals surface area (Å²) in [4.78, 5) is 25.1. The molecule has 0 aliphatic rings. The minimum atomic E-state index is -0.517. The Bertz CT molecular complexity index is 621. The van der Waals surface area contributed by atoms with Gasteiger partial charge in [0, 0.05) is 6.07 Å². The van der Waals surface area contributed by atoms with E-state index in [0.29, 0.717) is 19.6 Å². The highest BCUT2D eigenvalue weighted by atomic mass is 16.5. The lowest BCUT2D eigenvalue weighted by Gasteiger charge is -2.06. The van der Waals surface area contributed by atoms with Crippen molar-refractivity contribution in [2.75, 3.05) is 13.2 Å². The van der Waals surface area contributed by atoms with Crippen LogP contribution in [0.25, 0.3) is 0 Å². The number of aromatic amines is 1. The van der Waals surface area contributed by atoms with Gasteiger partial charge < -0.3 is 14.5 Å². The van der Waals surface area contributed by atoms with Gasteiger partial charge in [-0.1, -0.05) is 24.3 Å². The van der Waals surface area contributed by atoms with Crippen LogP contribution in [0.5, 0.6) is 5.75 Å². The van der Waals surface area contributed by atoms with Gasteiger partial charge in [-0.15, -0.1) is 0 Å². The lowest BCUT2D eigenvalue weighted by atomic mass is 10.3. The van der Waals surface area contributed by atoms with Gasteiger partial charge in [-0.25, -0.2) is 4.79 Å². The number of H-pyrrole nitrogens is 1. The van der Waals surface area contributed by atoms with Gasteiger partial charge in [0.15, 0.2) is 0 Å². The van der Waals surface area contributed by atoms with E-state index in [4.69, 9.17) is 9.47 Å². The Morgan fingerprint density at radius 1 is 0.952 bits per heavy atom. The van der Waals surface area contributed by atoms with Crippen molar-refractivity contribution in [3.63, 3.8) is 0 Å². The third kappa shape index (κ3) is 5.14. The Morgan fingerprint density at radius 2 is 1.71 bits per heavy atom. The van der Waals surface area contributed by atoms with E-state index < -0.39 is 5.97 Å². The molecule has 0 saturated carbocycles. The van der Waals surface area contributed by atoms with Crippen LogP contribution in [-0.2, 0) is 4.74 Å². The molecule has 2 aromatic rings. The summed E-state index contributed by atoms with van der Waals surface area (Å²) in [5, 5.41) is 0. The standard InChI is InChI=1S/C16H17NO4/c18-15-10-6-9-14(17-15)16(19)21-12-5-4-11-20-13-7-2-1-3-8-13/h1-3,6-10H,4-5,11-12H2,(H,17,18). The highest BCUT2D eigenvalue weighted by Crippen LogP contribution is 2.08. The zero-order valence-corrected chi connectivity index (χ0v) is 11.6. The fourth-order valence-corrected chi connectivity index (χ4v) is 1.72. The molecule has 0 saturated heterocycles. The summed E-state index contributed by atoms with van der Waals surface area (Å²) in [6.45, 7) is 0.873. The molecule has 0 amide bonds. The molecule has 0 spiro atoms. The smallest absolute Gasteiger partial charge is 0.354 e. The number of unbranched alkanes of at least 4 members (excludes halogenated alkanes) is 1. The number of aromatic nitrogens is 1. The summed E-state index contributed by atoms with van der Waals surface area (Å²) in [6, 6.07) is 13.9. The summed E-state index contributed by atoms with van der Waals surface area (Å²) < 4.78 is 10.6. The van der Waals surface area contributed by atoms with Gasteiger partial charge in [0.25, 0.3) is 0 Å². The second kappa shape index (κ2) is 7.89. The van der Waals surface area contributed by atoms with Gasteiger partial charge in [0.05, 0.1) is 13.2 Å². The molecule has 0 bridgehead atoms. The quantitative estimate of drug-likeness (QED) is 0.627. The van der Waals surface area contributed by atoms with E-state index in [-0.39, 0.29) is 11.3 Å². The Morgan fingerprint density at radius 3 is 2.48 bits per heavy atom. The van der Waals surface area contributed by atoms with Crippen LogP contribution >= 0.6 is 0 Å². The summed E-state index contributed by atoms with van der Waals surface area (Å²) in [6.07, 6.45) is 1.49. The van der Waals surface area contributed by atoms with Crippen molar-refractivity contribution in [3.05, 3.63) is 64.6 Å². The molecule has 1 aromatic heterocycles. The van der Waals surface area contributed by atoms with Crippen molar-refractivity contribution in [1.29, 1.82) is 0 Å². The summed E-state index contributed by atoms with van der Waals surface area (Å²) in [7, 11) is 0. The van der Waals surface area contributed by atoms with Crippen LogP contribution < -0.4 is 10.3 Å².